The SMILES string of the molecule is CC(=O)N1C[C@H]2C[C@@H](C1)[C@H](C(=O)NCCOCCO)n1c2cccc1=O.O=CO. The molecule has 0 unspecified atom stereocenters. The van der Waals surface area contributed by atoms with E-state index >= 15 is 0 Å². The van der Waals surface area contributed by atoms with Crippen molar-refractivity contribution in [3.8, 4) is 0 Å². The Labute approximate surface area is 168 Å². The molecule has 0 spiro atoms. The Morgan fingerprint density at radius 1 is 1.31 bits per heavy atom. The van der Waals surface area contributed by atoms with Crippen molar-refractivity contribution < 1.29 is 29.3 Å². The van der Waals surface area contributed by atoms with Gasteiger partial charge in [0.05, 0.1) is 19.8 Å². The zero-order valence-corrected chi connectivity index (χ0v) is 16.3. The molecule has 160 valence electrons. The largest absolute Gasteiger partial charge is 0.483 e. The predicted molar refractivity (Wildman–Crippen MR) is 102 cm³/mol. The number of hydrogen-bond donors (Lipinski definition) is 3. The van der Waals surface area contributed by atoms with E-state index in [1.165, 1.54) is 13.0 Å². The molecule has 29 heavy (non-hydrogen) atoms. The number of likely N-dealkylation sites (tertiary alicyclic amines) is 1. The van der Waals surface area contributed by atoms with Crippen molar-refractivity contribution in [2.24, 2.45) is 5.92 Å². The van der Waals surface area contributed by atoms with Crippen LogP contribution in [-0.4, -0.2) is 77.4 Å². The molecule has 0 saturated carbocycles. The molecule has 3 heterocycles. The summed E-state index contributed by atoms with van der Waals surface area (Å²) in [4.78, 5) is 47.3. The van der Waals surface area contributed by atoms with Crippen molar-refractivity contribution in [3.05, 3.63) is 34.2 Å². The van der Waals surface area contributed by atoms with Crippen LogP contribution in [0.2, 0.25) is 0 Å². The van der Waals surface area contributed by atoms with Crippen LogP contribution in [0.4, 0.5) is 0 Å². The third kappa shape index (κ3) is 5.42. The number of pyridine rings is 1. The van der Waals surface area contributed by atoms with Gasteiger partial charge in [0.1, 0.15) is 6.04 Å². The van der Waals surface area contributed by atoms with Gasteiger partial charge in [0.25, 0.3) is 12.0 Å². The van der Waals surface area contributed by atoms with E-state index in [-0.39, 0.29) is 48.9 Å². The topological polar surface area (TPSA) is 138 Å². The second-order valence-electron chi connectivity index (χ2n) is 6.95. The van der Waals surface area contributed by atoms with Gasteiger partial charge in [-0.25, -0.2) is 0 Å². The molecule has 3 atom stereocenters. The Morgan fingerprint density at radius 3 is 2.69 bits per heavy atom. The van der Waals surface area contributed by atoms with Gasteiger partial charge in [-0.2, -0.15) is 0 Å². The van der Waals surface area contributed by atoms with Crippen LogP contribution in [0.5, 0.6) is 0 Å². The highest BCUT2D eigenvalue weighted by molar-refractivity contribution is 5.81. The fraction of sp³-hybridized carbons (Fsp3) is 0.579. The summed E-state index contributed by atoms with van der Waals surface area (Å²) in [6.45, 7) is 3.10. The maximum Gasteiger partial charge on any atom is 0.290 e. The highest BCUT2D eigenvalue weighted by atomic mass is 16.5. The molecule has 0 aromatic carbocycles. The Kier molecular flexibility index (Phi) is 8.34. The summed E-state index contributed by atoms with van der Waals surface area (Å²) in [6, 6.07) is 4.42. The number of nitrogens with one attached hydrogen (secondary N) is 1. The number of rotatable bonds is 6. The number of aromatic nitrogens is 1. The van der Waals surface area contributed by atoms with Crippen LogP contribution < -0.4 is 10.9 Å². The van der Waals surface area contributed by atoms with E-state index in [2.05, 4.69) is 5.32 Å². The van der Waals surface area contributed by atoms with Crippen LogP contribution >= 0.6 is 0 Å². The van der Waals surface area contributed by atoms with E-state index in [4.69, 9.17) is 19.7 Å². The van der Waals surface area contributed by atoms with Crippen molar-refractivity contribution in [3.63, 3.8) is 0 Å². The summed E-state index contributed by atoms with van der Waals surface area (Å²) < 4.78 is 6.75. The van der Waals surface area contributed by atoms with E-state index in [0.29, 0.717) is 26.2 Å². The third-order valence-electron chi connectivity index (χ3n) is 5.14. The smallest absolute Gasteiger partial charge is 0.290 e. The Morgan fingerprint density at radius 2 is 2.03 bits per heavy atom. The summed E-state index contributed by atoms with van der Waals surface area (Å²) in [5.74, 6) is -0.268. The number of aliphatic hydroxyl groups excluding tert-OH is 1. The number of nitrogens with zero attached hydrogens (tertiary/aromatic N) is 2. The molecule has 1 aromatic rings. The van der Waals surface area contributed by atoms with Gasteiger partial charge < -0.3 is 25.2 Å². The van der Waals surface area contributed by atoms with Gasteiger partial charge in [0, 0.05) is 50.2 Å². The second-order valence-corrected chi connectivity index (χ2v) is 6.95. The lowest BCUT2D eigenvalue weighted by Crippen LogP contribution is -2.54. The Balaban J connectivity index is 0.000000941. The summed E-state index contributed by atoms with van der Waals surface area (Å²) in [5, 5.41) is 18.4. The zero-order chi connectivity index (χ0) is 21.4. The molecule has 10 heteroatoms. The van der Waals surface area contributed by atoms with E-state index < -0.39 is 6.04 Å². The van der Waals surface area contributed by atoms with Crippen molar-refractivity contribution in [2.45, 2.75) is 25.3 Å². The lowest BCUT2D eigenvalue weighted by molar-refractivity contribution is -0.135. The quantitative estimate of drug-likeness (QED) is 0.412. The summed E-state index contributed by atoms with van der Waals surface area (Å²) >= 11 is 0. The van der Waals surface area contributed by atoms with Crippen molar-refractivity contribution >= 4 is 18.3 Å². The number of hydrogen-bond acceptors (Lipinski definition) is 6. The number of amides is 2. The molecular weight excluding hydrogens is 382 g/mol. The highest BCUT2D eigenvalue weighted by Gasteiger charge is 2.44. The first-order chi connectivity index (χ1) is 13.9. The monoisotopic (exact) mass is 409 g/mol. The number of piperidine rings is 1. The number of carbonyl (C=O) groups excluding carboxylic acids is 2. The molecule has 2 aliphatic heterocycles. The minimum absolute atomic E-state index is 0.0111. The molecular formula is C19H27N3O7. The average molecular weight is 409 g/mol. The van der Waals surface area contributed by atoms with Gasteiger partial charge in [-0.3, -0.25) is 23.7 Å². The fourth-order valence-electron chi connectivity index (χ4n) is 4.05. The van der Waals surface area contributed by atoms with Gasteiger partial charge in [0.15, 0.2) is 0 Å². The van der Waals surface area contributed by atoms with Gasteiger partial charge in [-0.05, 0) is 12.5 Å². The lowest BCUT2D eigenvalue weighted by Gasteiger charge is -2.46. The molecule has 0 aliphatic carbocycles. The third-order valence-corrected chi connectivity index (χ3v) is 5.14. The minimum atomic E-state index is -0.630. The maximum absolute atomic E-state index is 12.8. The van der Waals surface area contributed by atoms with Crippen LogP contribution in [0.3, 0.4) is 0 Å². The van der Waals surface area contributed by atoms with Crippen molar-refractivity contribution in [1.29, 1.82) is 0 Å². The van der Waals surface area contributed by atoms with E-state index in [9.17, 15) is 14.4 Å². The molecule has 1 saturated heterocycles. The summed E-state index contributed by atoms with van der Waals surface area (Å²) in [5.41, 5.74) is 0.626. The predicted octanol–water partition coefficient (Wildman–Crippen LogP) is -0.819. The highest BCUT2D eigenvalue weighted by Crippen LogP contribution is 2.41. The maximum atomic E-state index is 12.8. The van der Waals surface area contributed by atoms with Gasteiger partial charge in [-0.15, -0.1) is 0 Å². The van der Waals surface area contributed by atoms with Crippen LogP contribution in [-0.2, 0) is 19.1 Å². The van der Waals surface area contributed by atoms with Gasteiger partial charge in [-0.1, -0.05) is 6.07 Å². The normalized spacial score (nSPS) is 22.0. The number of carbonyl (C=O) groups is 3. The van der Waals surface area contributed by atoms with Gasteiger partial charge >= 0.3 is 0 Å². The average Bonchev–Trinajstić information content (AvgIpc) is 2.69. The standard InChI is InChI=1S/C18H25N3O5.CH2O2/c1-12(23)20-10-13-9-14(11-20)17(18(25)19-5-7-26-8-6-22)21-15(13)3-2-4-16(21)24;2-1-3/h2-4,13-14,17,22H,5-11H2,1H3,(H,19,25);1H,(H,2,3)/t13-,14+,17-;/m1./s1. The summed E-state index contributed by atoms with van der Waals surface area (Å²) in [7, 11) is 0. The Hall–Kier alpha value is -2.72. The molecule has 10 nitrogen and oxygen atoms in total. The molecule has 3 N–H and O–H groups in total. The van der Waals surface area contributed by atoms with Crippen molar-refractivity contribution in [2.75, 3.05) is 39.5 Å². The van der Waals surface area contributed by atoms with Crippen LogP contribution in [0.25, 0.3) is 0 Å². The number of fused-ring (bicyclic) bond motifs is 4. The zero-order valence-electron chi connectivity index (χ0n) is 16.3. The van der Waals surface area contributed by atoms with Crippen molar-refractivity contribution in [1.82, 2.24) is 14.8 Å². The lowest BCUT2D eigenvalue weighted by atomic mass is 9.78. The molecule has 1 aromatic heterocycles. The van der Waals surface area contributed by atoms with Crippen LogP contribution in [0.1, 0.15) is 31.0 Å². The first kappa shape index (κ1) is 22.6. The first-order valence-corrected chi connectivity index (χ1v) is 9.45. The summed E-state index contributed by atoms with van der Waals surface area (Å²) in [6.07, 6.45) is 0.784. The molecule has 2 amide bonds. The number of carboxylic acid groups (broad SMARTS) is 1. The molecule has 2 aliphatic rings. The molecule has 2 bridgehead atoms. The fourth-order valence-corrected chi connectivity index (χ4v) is 4.05. The number of aliphatic hydroxyl groups is 1. The van der Waals surface area contributed by atoms with E-state index in [1.807, 2.05) is 6.07 Å². The van der Waals surface area contributed by atoms with E-state index in [1.54, 1.807) is 15.5 Å². The minimum Gasteiger partial charge on any atom is -0.483 e. The van der Waals surface area contributed by atoms with Gasteiger partial charge in [0.2, 0.25) is 11.8 Å². The molecule has 0 radical (unpaired) electrons. The second kappa shape index (κ2) is 10.7. The molecule has 1 fully saturated rings. The number of ether oxygens (including phenoxy) is 1. The first-order valence-electron chi connectivity index (χ1n) is 9.45. The van der Waals surface area contributed by atoms with Crippen LogP contribution in [0, 0.1) is 5.92 Å². The molecule has 3 rings (SSSR count). The van der Waals surface area contributed by atoms with E-state index in [0.717, 1.165) is 12.1 Å². The Bertz CT molecular complexity index is 779. The van der Waals surface area contributed by atoms with Crippen LogP contribution in [0.15, 0.2) is 23.0 Å².